The number of sulfonamides is 2. The predicted molar refractivity (Wildman–Crippen MR) is 128 cm³/mol. The third-order valence-electron chi connectivity index (χ3n) is 2.23. The molecule has 0 aliphatic heterocycles. The van der Waals surface area contributed by atoms with Crippen molar-refractivity contribution in [2.75, 3.05) is 28.2 Å². The predicted octanol–water partition coefficient (Wildman–Crippen LogP) is 2.70. The molecule has 0 aliphatic carbocycles. The maximum atomic E-state index is 11.4. The van der Waals surface area contributed by atoms with Gasteiger partial charge in [-0.05, 0) is 23.2 Å². The Bertz CT molecular complexity index is 1200. The highest BCUT2D eigenvalue weighted by Gasteiger charge is 2.30. The average molecular weight is 615 g/mol. The molecule has 0 spiro atoms. The number of rotatable bonds is 3. The molecule has 2 aromatic rings. The zero-order valence-electron chi connectivity index (χ0n) is 15.5. The number of nitrogens with two attached hydrogens (primary N) is 1. The minimum atomic E-state index is -4.07. The molecule has 0 aromatic carbocycles. The Kier molecular flexibility index (Phi) is 13.6. The highest BCUT2D eigenvalue weighted by Crippen LogP contribution is 2.28. The summed E-state index contributed by atoms with van der Waals surface area (Å²) in [5, 5.41) is -0.300. The third kappa shape index (κ3) is 13.6. The second kappa shape index (κ2) is 13.1. The maximum absolute atomic E-state index is 11.4. The molecule has 20 heteroatoms. The molecule has 0 atom stereocenters. The molecule has 2 heterocycles. The first-order valence-electron chi connectivity index (χ1n) is 6.95. The van der Waals surface area contributed by atoms with Gasteiger partial charge in [0.25, 0.3) is 0 Å². The van der Waals surface area contributed by atoms with Gasteiger partial charge in [-0.15, -0.1) is 0 Å². The Morgan fingerprint density at radius 1 is 0.781 bits per heavy atom. The largest absolute Gasteiger partial charge is 0.395 e. The van der Waals surface area contributed by atoms with Gasteiger partial charge in [0.15, 0.2) is 10.3 Å². The number of hydrogen-bond acceptors (Lipinski definition) is 11. The standard InChI is InChI=1S/C6H7Cl2N3O4S2.C4H3Cl2N3.CH3ClO2S.CH4/c1-16(12,13)11(17(2,14)15)4-3-9-6(8)10-5(4)7;5-3-2(7)1-8-4(6)9-3;1-5(2,3)4;/h3H,1-2H3;1H,7H2;1H3;1H4. The molecule has 2 N–H and O–H groups in total. The zero-order chi connectivity index (χ0) is 24.8. The molecule has 0 radical (unpaired) electrons. The average Bonchev–Trinajstić information content (AvgIpc) is 2.50. The normalized spacial score (nSPS) is 11.1. The van der Waals surface area contributed by atoms with Gasteiger partial charge in [-0.25, -0.2) is 45.2 Å². The van der Waals surface area contributed by atoms with E-state index in [1.165, 1.54) is 6.20 Å². The fraction of sp³-hybridized carbons (Fsp3) is 0.333. The molecule has 0 saturated carbocycles. The molecule has 32 heavy (non-hydrogen) atoms. The van der Waals surface area contributed by atoms with Crippen LogP contribution in [0.5, 0.6) is 0 Å². The summed E-state index contributed by atoms with van der Waals surface area (Å²) in [6.45, 7) is 0. The van der Waals surface area contributed by atoms with Crippen molar-refractivity contribution in [2.24, 2.45) is 0 Å². The van der Waals surface area contributed by atoms with Crippen LogP contribution in [-0.4, -0.2) is 64.0 Å². The molecule has 2 rings (SSSR count). The number of anilines is 2. The van der Waals surface area contributed by atoms with Gasteiger partial charge in [0, 0.05) is 10.7 Å². The van der Waals surface area contributed by atoms with Crippen LogP contribution in [0.1, 0.15) is 7.43 Å². The van der Waals surface area contributed by atoms with Crippen LogP contribution < -0.4 is 9.44 Å². The van der Waals surface area contributed by atoms with Crippen molar-refractivity contribution in [1.29, 1.82) is 0 Å². The summed E-state index contributed by atoms with van der Waals surface area (Å²) in [4.78, 5) is 14.1. The summed E-state index contributed by atoms with van der Waals surface area (Å²) in [7, 11) is -6.84. The topological polar surface area (TPSA) is 183 Å². The summed E-state index contributed by atoms with van der Waals surface area (Å²) in [6, 6.07) is 0. The fourth-order valence-electron chi connectivity index (χ4n) is 1.41. The quantitative estimate of drug-likeness (QED) is 0.305. The molecule has 0 unspecified atom stereocenters. The van der Waals surface area contributed by atoms with Crippen molar-refractivity contribution in [3.63, 3.8) is 0 Å². The minimum Gasteiger partial charge on any atom is -0.395 e. The Labute approximate surface area is 210 Å². The number of nitrogens with zero attached hydrogens (tertiary/aromatic N) is 5. The number of aromatic nitrogens is 4. The summed E-state index contributed by atoms with van der Waals surface area (Å²) >= 11 is 21.9. The van der Waals surface area contributed by atoms with E-state index >= 15 is 0 Å². The Morgan fingerprint density at radius 2 is 1.12 bits per heavy atom. The van der Waals surface area contributed by atoms with Crippen molar-refractivity contribution in [3.8, 4) is 0 Å². The van der Waals surface area contributed by atoms with Crippen molar-refractivity contribution in [2.45, 2.75) is 7.43 Å². The van der Waals surface area contributed by atoms with Gasteiger partial charge < -0.3 is 5.73 Å². The summed E-state index contributed by atoms with van der Waals surface area (Å²) < 4.78 is 64.6. The first-order valence-corrected chi connectivity index (χ1v) is 14.9. The first-order chi connectivity index (χ1) is 13.7. The van der Waals surface area contributed by atoms with Gasteiger partial charge in [-0.2, -0.15) is 3.71 Å². The highest BCUT2D eigenvalue weighted by molar-refractivity contribution is 8.13. The lowest BCUT2D eigenvalue weighted by molar-refractivity contribution is 0.590. The lowest BCUT2D eigenvalue weighted by Crippen LogP contribution is -2.35. The lowest BCUT2D eigenvalue weighted by Gasteiger charge is -2.19. The van der Waals surface area contributed by atoms with Crippen LogP contribution in [0.3, 0.4) is 0 Å². The molecule has 0 bridgehead atoms. The Hall–Kier alpha value is -0.940. The van der Waals surface area contributed by atoms with E-state index in [0.29, 0.717) is 5.69 Å². The highest BCUT2D eigenvalue weighted by atomic mass is 35.7. The first kappa shape index (κ1) is 33.2. The number of halogens is 5. The molecular formula is C12H17Cl5N6O6S3. The van der Waals surface area contributed by atoms with Crippen LogP contribution in [0.2, 0.25) is 20.9 Å². The van der Waals surface area contributed by atoms with E-state index in [-0.39, 0.29) is 37.7 Å². The van der Waals surface area contributed by atoms with E-state index in [0.717, 1.165) is 25.0 Å². The van der Waals surface area contributed by atoms with Crippen LogP contribution in [-0.2, 0) is 29.1 Å². The zero-order valence-corrected chi connectivity index (χ0v) is 21.8. The van der Waals surface area contributed by atoms with Gasteiger partial charge in [0.2, 0.25) is 39.7 Å². The van der Waals surface area contributed by atoms with Gasteiger partial charge in [-0.1, -0.05) is 30.6 Å². The van der Waals surface area contributed by atoms with Crippen molar-refractivity contribution in [3.05, 3.63) is 33.3 Å². The van der Waals surface area contributed by atoms with Crippen LogP contribution in [0.25, 0.3) is 0 Å². The van der Waals surface area contributed by atoms with Crippen LogP contribution in [0.4, 0.5) is 11.4 Å². The van der Waals surface area contributed by atoms with E-state index in [4.69, 9.17) is 52.1 Å². The van der Waals surface area contributed by atoms with E-state index < -0.39 is 29.1 Å². The molecular weight excluding hydrogens is 598 g/mol. The van der Waals surface area contributed by atoms with Gasteiger partial charge >= 0.3 is 0 Å². The van der Waals surface area contributed by atoms with E-state index in [1.54, 1.807) is 0 Å². The second-order valence-corrected chi connectivity index (χ2v) is 13.4. The number of hydrogen-bond donors (Lipinski definition) is 1. The van der Waals surface area contributed by atoms with Gasteiger partial charge in [-0.3, -0.25) is 0 Å². The van der Waals surface area contributed by atoms with Crippen LogP contribution in [0, 0.1) is 0 Å². The Balaban J connectivity index is 0. The summed E-state index contributed by atoms with van der Waals surface area (Å²) in [5.74, 6) is 0. The maximum Gasteiger partial charge on any atom is 0.245 e. The monoisotopic (exact) mass is 612 g/mol. The molecule has 0 fully saturated rings. The molecule has 0 saturated heterocycles. The second-order valence-electron chi connectivity index (χ2n) is 5.11. The Morgan fingerprint density at radius 3 is 1.41 bits per heavy atom. The summed E-state index contributed by atoms with van der Waals surface area (Å²) in [6.07, 6.45) is 4.64. The van der Waals surface area contributed by atoms with Gasteiger partial charge in [0.05, 0.1) is 36.8 Å². The third-order valence-corrected chi connectivity index (χ3v) is 6.40. The SMILES string of the molecule is C.CS(=O)(=O)Cl.CS(=O)(=O)N(c1cnc(Cl)nc1Cl)S(C)(=O)=O.Nc1cnc(Cl)nc1Cl. The molecule has 0 amide bonds. The van der Waals surface area contributed by atoms with Gasteiger partial charge in [0.1, 0.15) is 5.69 Å². The van der Waals surface area contributed by atoms with E-state index in [2.05, 4.69) is 30.6 Å². The minimum absolute atomic E-state index is 0. The lowest BCUT2D eigenvalue weighted by atomic mass is 10.6. The summed E-state index contributed by atoms with van der Waals surface area (Å²) in [5.41, 5.74) is 5.23. The molecule has 12 nitrogen and oxygen atoms in total. The van der Waals surface area contributed by atoms with Crippen LogP contribution >= 0.6 is 57.1 Å². The smallest absolute Gasteiger partial charge is 0.245 e. The van der Waals surface area contributed by atoms with Crippen LogP contribution in [0.15, 0.2) is 12.4 Å². The molecule has 0 aliphatic rings. The van der Waals surface area contributed by atoms with E-state index in [9.17, 15) is 25.3 Å². The fourth-order valence-corrected chi connectivity index (χ4v) is 5.16. The van der Waals surface area contributed by atoms with Crippen molar-refractivity contribution >= 4 is 97.6 Å². The molecule has 184 valence electrons. The van der Waals surface area contributed by atoms with Crippen molar-refractivity contribution in [1.82, 2.24) is 19.9 Å². The van der Waals surface area contributed by atoms with Crippen molar-refractivity contribution < 1.29 is 25.3 Å². The number of nitrogen functional groups attached to an aromatic ring is 1. The van der Waals surface area contributed by atoms with E-state index in [1.807, 2.05) is 0 Å². The molecule has 2 aromatic heterocycles.